The van der Waals surface area contributed by atoms with Crippen molar-refractivity contribution in [3.63, 3.8) is 0 Å². The highest BCUT2D eigenvalue weighted by Gasteiger charge is 2.19. The van der Waals surface area contributed by atoms with E-state index in [1.54, 1.807) is 0 Å². The predicted molar refractivity (Wildman–Crippen MR) is 105 cm³/mol. The second kappa shape index (κ2) is 8.87. The average molecular weight is 397 g/mol. The molecule has 9 nitrogen and oxygen atoms in total. The third-order valence-electron chi connectivity index (χ3n) is 4.34. The first-order valence-electron chi connectivity index (χ1n) is 8.81. The topological polar surface area (TPSA) is 124 Å². The van der Waals surface area contributed by atoms with Crippen molar-refractivity contribution in [2.24, 2.45) is 0 Å². The number of carbonyl (C=O) groups is 2. The number of hydrogen-bond donors (Lipinski definition) is 2. The van der Waals surface area contributed by atoms with Crippen LogP contribution in [0, 0.1) is 10.1 Å². The Hall–Kier alpha value is -3.88. The third-order valence-corrected chi connectivity index (χ3v) is 4.34. The Morgan fingerprint density at radius 2 is 2.00 bits per heavy atom. The van der Waals surface area contributed by atoms with Gasteiger partial charge >= 0.3 is 5.97 Å². The normalized spacial score (nSPS) is 10.5. The van der Waals surface area contributed by atoms with Crippen LogP contribution >= 0.6 is 0 Å². The van der Waals surface area contributed by atoms with Gasteiger partial charge in [0.05, 0.1) is 12.0 Å². The monoisotopic (exact) mass is 397 g/mol. The molecule has 0 fully saturated rings. The van der Waals surface area contributed by atoms with E-state index in [1.807, 2.05) is 30.5 Å². The molecule has 0 atom stereocenters. The number of para-hydroxylation sites is 1. The van der Waals surface area contributed by atoms with Crippen LogP contribution in [0.25, 0.3) is 10.9 Å². The number of nitro groups is 1. The Morgan fingerprint density at radius 3 is 2.76 bits per heavy atom. The lowest BCUT2D eigenvalue weighted by Crippen LogP contribution is -2.30. The SMILES string of the molecule is COc1ccc([N+](=O)[O-])cc1C(=O)OCC(=O)NCCc1c[nH]c2ccccc12. The van der Waals surface area contributed by atoms with E-state index >= 15 is 0 Å². The number of aromatic amines is 1. The fourth-order valence-corrected chi connectivity index (χ4v) is 2.90. The van der Waals surface area contributed by atoms with E-state index in [-0.39, 0.29) is 17.0 Å². The molecule has 0 bridgehead atoms. The highest BCUT2D eigenvalue weighted by atomic mass is 16.6. The summed E-state index contributed by atoms with van der Waals surface area (Å²) in [6, 6.07) is 11.4. The molecule has 1 amide bonds. The molecular weight excluding hydrogens is 378 g/mol. The van der Waals surface area contributed by atoms with Crippen LogP contribution in [0.1, 0.15) is 15.9 Å². The van der Waals surface area contributed by atoms with Crippen LogP contribution in [0.2, 0.25) is 0 Å². The molecule has 29 heavy (non-hydrogen) atoms. The number of nitro benzene ring substituents is 1. The summed E-state index contributed by atoms with van der Waals surface area (Å²) in [4.78, 5) is 37.6. The van der Waals surface area contributed by atoms with Gasteiger partial charge in [0.25, 0.3) is 11.6 Å². The predicted octanol–water partition coefficient (Wildman–Crippen LogP) is 2.60. The minimum absolute atomic E-state index is 0.117. The summed E-state index contributed by atoms with van der Waals surface area (Å²) in [5.41, 5.74) is 1.70. The quantitative estimate of drug-likeness (QED) is 0.342. The van der Waals surface area contributed by atoms with Gasteiger partial charge in [-0.25, -0.2) is 4.79 Å². The zero-order valence-corrected chi connectivity index (χ0v) is 15.6. The number of aromatic nitrogens is 1. The highest BCUT2D eigenvalue weighted by Crippen LogP contribution is 2.24. The maximum absolute atomic E-state index is 12.2. The van der Waals surface area contributed by atoms with E-state index in [0.29, 0.717) is 13.0 Å². The van der Waals surface area contributed by atoms with Crippen molar-refractivity contribution in [2.45, 2.75) is 6.42 Å². The molecule has 9 heteroatoms. The standard InChI is InChI=1S/C20H19N3O6/c1-28-18-7-6-14(23(26)27)10-16(18)20(25)29-12-19(24)21-9-8-13-11-22-17-5-3-2-4-15(13)17/h2-7,10-11,22H,8-9,12H2,1H3,(H,21,24). The van der Waals surface area contributed by atoms with Crippen LogP contribution in [-0.2, 0) is 16.0 Å². The molecule has 0 aliphatic heterocycles. The number of carbonyl (C=O) groups excluding carboxylic acids is 2. The summed E-state index contributed by atoms with van der Waals surface area (Å²) in [5, 5.41) is 14.7. The van der Waals surface area contributed by atoms with Crippen LogP contribution in [0.5, 0.6) is 5.75 Å². The van der Waals surface area contributed by atoms with Crippen molar-refractivity contribution >= 4 is 28.5 Å². The van der Waals surface area contributed by atoms with Gasteiger partial charge in [-0.2, -0.15) is 0 Å². The number of H-pyrrole nitrogens is 1. The van der Waals surface area contributed by atoms with E-state index in [4.69, 9.17) is 9.47 Å². The molecule has 0 unspecified atom stereocenters. The Kier molecular flexibility index (Phi) is 6.08. The Labute approximate surface area is 165 Å². The lowest BCUT2D eigenvalue weighted by Gasteiger charge is -2.09. The number of non-ortho nitro benzene ring substituents is 1. The summed E-state index contributed by atoms with van der Waals surface area (Å²) >= 11 is 0. The molecule has 0 aliphatic rings. The number of fused-ring (bicyclic) bond motifs is 1. The number of rotatable bonds is 8. The van der Waals surface area contributed by atoms with Gasteiger partial charge in [-0.1, -0.05) is 18.2 Å². The Bertz CT molecular complexity index is 1060. The highest BCUT2D eigenvalue weighted by molar-refractivity contribution is 5.94. The molecule has 0 radical (unpaired) electrons. The smallest absolute Gasteiger partial charge is 0.342 e. The van der Waals surface area contributed by atoms with Crippen molar-refractivity contribution < 1.29 is 24.0 Å². The molecule has 1 heterocycles. The minimum atomic E-state index is -0.877. The van der Waals surface area contributed by atoms with Gasteiger partial charge in [-0.05, 0) is 24.1 Å². The number of methoxy groups -OCH3 is 1. The van der Waals surface area contributed by atoms with Gasteiger partial charge in [-0.3, -0.25) is 14.9 Å². The summed E-state index contributed by atoms with van der Waals surface area (Å²) in [7, 11) is 1.33. The van der Waals surface area contributed by atoms with Crippen LogP contribution in [0.4, 0.5) is 5.69 Å². The van der Waals surface area contributed by atoms with E-state index in [1.165, 1.54) is 19.2 Å². The second-order valence-corrected chi connectivity index (χ2v) is 6.18. The van der Waals surface area contributed by atoms with Crippen molar-refractivity contribution in [2.75, 3.05) is 20.3 Å². The second-order valence-electron chi connectivity index (χ2n) is 6.18. The first-order chi connectivity index (χ1) is 14.0. The molecule has 2 N–H and O–H groups in total. The van der Waals surface area contributed by atoms with Gasteiger partial charge in [-0.15, -0.1) is 0 Å². The van der Waals surface area contributed by atoms with Gasteiger partial charge in [0.2, 0.25) is 0 Å². The number of amides is 1. The molecule has 2 aromatic carbocycles. The molecule has 0 spiro atoms. The van der Waals surface area contributed by atoms with E-state index in [0.717, 1.165) is 22.5 Å². The van der Waals surface area contributed by atoms with E-state index in [2.05, 4.69) is 10.3 Å². The van der Waals surface area contributed by atoms with Crippen LogP contribution < -0.4 is 10.1 Å². The van der Waals surface area contributed by atoms with Crippen molar-refractivity contribution in [3.8, 4) is 5.75 Å². The summed E-state index contributed by atoms with van der Waals surface area (Å²) in [6.45, 7) is -0.128. The lowest BCUT2D eigenvalue weighted by atomic mass is 10.1. The van der Waals surface area contributed by atoms with E-state index < -0.39 is 23.4 Å². The number of nitrogens with one attached hydrogen (secondary N) is 2. The summed E-state index contributed by atoms with van der Waals surface area (Å²) in [6.07, 6.45) is 2.51. The number of benzene rings is 2. The molecular formula is C20H19N3O6. The Balaban J connectivity index is 1.52. The van der Waals surface area contributed by atoms with Crippen LogP contribution in [0.3, 0.4) is 0 Å². The minimum Gasteiger partial charge on any atom is -0.496 e. The maximum Gasteiger partial charge on any atom is 0.342 e. The first-order valence-corrected chi connectivity index (χ1v) is 8.81. The van der Waals surface area contributed by atoms with Gasteiger partial charge in [0.1, 0.15) is 11.3 Å². The van der Waals surface area contributed by atoms with Gasteiger partial charge in [0.15, 0.2) is 6.61 Å². The molecule has 150 valence electrons. The number of ether oxygens (including phenoxy) is 2. The van der Waals surface area contributed by atoms with Crippen molar-refractivity contribution in [3.05, 3.63) is 69.9 Å². The number of hydrogen-bond acceptors (Lipinski definition) is 6. The molecule has 1 aromatic heterocycles. The molecule has 0 saturated heterocycles. The van der Waals surface area contributed by atoms with Gasteiger partial charge in [0, 0.05) is 35.8 Å². The first kappa shape index (κ1) is 19.9. The number of nitrogens with zero attached hydrogens (tertiary/aromatic N) is 1. The molecule has 3 aromatic rings. The van der Waals surface area contributed by atoms with Gasteiger partial charge < -0.3 is 19.8 Å². The number of esters is 1. The summed E-state index contributed by atoms with van der Waals surface area (Å²) in [5.74, 6) is -1.22. The fraction of sp³-hybridized carbons (Fsp3) is 0.200. The maximum atomic E-state index is 12.2. The van der Waals surface area contributed by atoms with Crippen LogP contribution in [0.15, 0.2) is 48.7 Å². The largest absolute Gasteiger partial charge is 0.496 e. The molecule has 0 aliphatic carbocycles. The molecule has 3 rings (SSSR count). The third kappa shape index (κ3) is 4.70. The van der Waals surface area contributed by atoms with Crippen molar-refractivity contribution in [1.29, 1.82) is 0 Å². The summed E-state index contributed by atoms with van der Waals surface area (Å²) < 4.78 is 9.99. The molecule has 0 saturated carbocycles. The zero-order valence-electron chi connectivity index (χ0n) is 15.6. The van der Waals surface area contributed by atoms with Crippen molar-refractivity contribution in [1.82, 2.24) is 10.3 Å². The van der Waals surface area contributed by atoms with Crippen LogP contribution in [-0.4, -0.2) is 42.0 Å². The zero-order chi connectivity index (χ0) is 20.8. The average Bonchev–Trinajstić information content (AvgIpc) is 3.14. The Morgan fingerprint density at radius 1 is 1.21 bits per heavy atom. The fourth-order valence-electron chi connectivity index (χ4n) is 2.90. The lowest BCUT2D eigenvalue weighted by molar-refractivity contribution is -0.384. The van der Waals surface area contributed by atoms with E-state index in [9.17, 15) is 19.7 Å².